The van der Waals surface area contributed by atoms with Gasteiger partial charge in [0.15, 0.2) is 0 Å². The summed E-state index contributed by atoms with van der Waals surface area (Å²) < 4.78 is 31.8. The van der Waals surface area contributed by atoms with Crippen molar-refractivity contribution in [3.05, 3.63) is 29.8 Å². The predicted molar refractivity (Wildman–Crippen MR) is 91.8 cm³/mol. The van der Waals surface area contributed by atoms with Gasteiger partial charge in [0, 0.05) is 17.1 Å². The van der Waals surface area contributed by atoms with Gasteiger partial charge in [0.1, 0.15) is 0 Å². The van der Waals surface area contributed by atoms with Crippen molar-refractivity contribution in [2.45, 2.75) is 82.4 Å². The molecule has 0 amide bonds. The second-order valence-corrected chi connectivity index (χ2v) is 7.40. The molecule has 0 bridgehead atoms. The molecule has 0 fully saturated rings. The van der Waals surface area contributed by atoms with Gasteiger partial charge in [0.05, 0.1) is 4.90 Å². The molecule has 0 atom stereocenters. The second-order valence-electron chi connectivity index (χ2n) is 6.01. The van der Waals surface area contributed by atoms with Gasteiger partial charge in [-0.1, -0.05) is 82.9 Å². The van der Waals surface area contributed by atoms with Crippen LogP contribution < -0.4 is 0 Å². The fourth-order valence-corrected chi connectivity index (χ4v) is 3.52. The Kier molecular flexibility index (Phi) is 12.8. The molecule has 0 aromatic heterocycles. The van der Waals surface area contributed by atoms with Crippen molar-refractivity contribution in [3.63, 3.8) is 0 Å². The molecule has 23 heavy (non-hydrogen) atoms. The van der Waals surface area contributed by atoms with Crippen LogP contribution in [-0.4, -0.2) is 13.0 Å². The minimum atomic E-state index is -4.10. The average molecular weight is 381 g/mol. The smallest absolute Gasteiger partial charge is 0.282 e. The summed E-state index contributed by atoms with van der Waals surface area (Å²) in [7, 11) is -4.10. The molecule has 3 nitrogen and oxygen atoms in total. The van der Waals surface area contributed by atoms with Crippen molar-refractivity contribution in [1.29, 1.82) is 0 Å². The third-order valence-electron chi connectivity index (χ3n) is 4.05. The standard InChI is InChI=1S/C18H30O3S.Mn/c1-2-3-4-5-6-7-8-9-10-11-14-17-15-12-13-16-18(17)22(19,20)21;/h12-13,15-16H,2-11,14H2,1H3,(H,19,20,21);. The molecule has 0 aliphatic rings. The Morgan fingerprint density at radius 1 is 0.826 bits per heavy atom. The van der Waals surface area contributed by atoms with Crippen molar-refractivity contribution in [2.75, 3.05) is 0 Å². The van der Waals surface area contributed by atoms with Crippen LogP contribution >= 0.6 is 0 Å². The predicted octanol–water partition coefficient (Wildman–Crippen LogP) is 5.39. The molecule has 133 valence electrons. The fraction of sp³-hybridized carbons (Fsp3) is 0.667. The van der Waals surface area contributed by atoms with Crippen molar-refractivity contribution in [2.24, 2.45) is 0 Å². The van der Waals surface area contributed by atoms with Crippen LogP contribution in [-0.2, 0) is 33.6 Å². The number of hydrogen-bond acceptors (Lipinski definition) is 2. The summed E-state index contributed by atoms with van der Waals surface area (Å²) in [5.74, 6) is 0. The normalized spacial score (nSPS) is 11.2. The molecule has 0 saturated heterocycles. The van der Waals surface area contributed by atoms with E-state index in [9.17, 15) is 13.0 Å². The third kappa shape index (κ3) is 10.2. The van der Waals surface area contributed by atoms with Gasteiger partial charge in [-0.05, 0) is 24.5 Å². The summed E-state index contributed by atoms with van der Waals surface area (Å²) in [4.78, 5) is 0.0610. The molecule has 0 saturated carbocycles. The number of aryl methyl sites for hydroxylation is 1. The molecule has 0 spiro atoms. The zero-order valence-electron chi connectivity index (χ0n) is 14.1. The van der Waals surface area contributed by atoms with Crippen LogP contribution in [0.2, 0.25) is 0 Å². The molecule has 1 radical (unpaired) electrons. The maximum absolute atomic E-state index is 11.3. The molecule has 1 rings (SSSR count). The van der Waals surface area contributed by atoms with Crippen LogP contribution in [0.1, 0.15) is 76.7 Å². The molecule has 5 heteroatoms. The zero-order chi connectivity index (χ0) is 16.3. The SMILES string of the molecule is CCCCCCCCCCCCc1ccccc1S(=O)(=O)O.[Mn]. The molecule has 1 aromatic rings. The first-order chi connectivity index (χ1) is 10.6. The Hall–Kier alpha value is -0.351. The van der Waals surface area contributed by atoms with Gasteiger partial charge in [0.25, 0.3) is 10.1 Å². The largest absolute Gasteiger partial charge is 0.294 e. The number of unbranched alkanes of at least 4 members (excludes halogenated alkanes) is 9. The summed E-state index contributed by atoms with van der Waals surface area (Å²) in [6.45, 7) is 2.24. The molecule has 0 unspecified atom stereocenters. The number of hydrogen-bond donors (Lipinski definition) is 1. The van der Waals surface area contributed by atoms with Crippen molar-refractivity contribution in [1.82, 2.24) is 0 Å². The zero-order valence-corrected chi connectivity index (χ0v) is 16.1. The van der Waals surface area contributed by atoms with E-state index in [1.165, 1.54) is 57.4 Å². The van der Waals surface area contributed by atoms with Crippen molar-refractivity contribution >= 4 is 10.1 Å². The maximum atomic E-state index is 11.3. The average Bonchev–Trinajstić information content (AvgIpc) is 2.48. The van der Waals surface area contributed by atoms with Crippen molar-refractivity contribution in [3.8, 4) is 0 Å². The van der Waals surface area contributed by atoms with E-state index in [2.05, 4.69) is 6.92 Å². The first-order valence-corrected chi connectivity index (χ1v) is 10.0. The van der Waals surface area contributed by atoms with E-state index >= 15 is 0 Å². The minimum Gasteiger partial charge on any atom is -0.282 e. The first-order valence-electron chi connectivity index (χ1n) is 8.61. The summed E-state index contributed by atoms with van der Waals surface area (Å²) in [5.41, 5.74) is 0.726. The second kappa shape index (κ2) is 13.0. The Labute approximate surface area is 152 Å². The third-order valence-corrected chi connectivity index (χ3v) is 5.00. The molecule has 1 aromatic carbocycles. The van der Waals surface area contributed by atoms with Crippen molar-refractivity contribution < 1.29 is 30.0 Å². The van der Waals surface area contributed by atoms with Crippen LogP contribution in [0.5, 0.6) is 0 Å². The minimum absolute atomic E-state index is 0. The summed E-state index contributed by atoms with van der Waals surface area (Å²) in [6.07, 6.45) is 13.3. The monoisotopic (exact) mass is 381 g/mol. The summed E-state index contributed by atoms with van der Waals surface area (Å²) in [5, 5.41) is 0. The van der Waals surface area contributed by atoms with Gasteiger partial charge in [0.2, 0.25) is 0 Å². The van der Waals surface area contributed by atoms with E-state index in [4.69, 9.17) is 0 Å². The summed E-state index contributed by atoms with van der Waals surface area (Å²) in [6, 6.07) is 6.73. The quantitative estimate of drug-likeness (QED) is 0.300. The Morgan fingerprint density at radius 2 is 1.30 bits per heavy atom. The van der Waals surface area contributed by atoms with Gasteiger partial charge in [-0.3, -0.25) is 4.55 Å². The van der Waals surface area contributed by atoms with Gasteiger partial charge in [-0.25, -0.2) is 0 Å². The van der Waals surface area contributed by atoms with E-state index in [0.29, 0.717) is 6.42 Å². The van der Waals surface area contributed by atoms with E-state index in [0.717, 1.165) is 18.4 Å². The molecule has 0 aliphatic heterocycles. The Morgan fingerprint density at radius 3 is 1.83 bits per heavy atom. The fourth-order valence-electron chi connectivity index (χ4n) is 2.76. The van der Waals surface area contributed by atoms with E-state index in [-0.39, 0.29) is 22.0 Å². The molecular formula is C18H30MnO3S. The maximum Gasteiger partial charge on any atom is 0.294 e. The van der Waals surface area contributed by atoms with Crippen LogP contribution in [0.4, 0.5) is 0 Å². The molecule has 0 heterocycles. The van der Waals surface area contributed by atoms with Gasteiger partial charge >= 0.3 is 0 Å². The van der Waals surface area contributed by atoms with Crippen LogP contribution in [0.25, 0.3) is 0 Å². The van der Waals surface area contributed by atoms with E-state index in [1.807, 2.05) is 6.07 Å². The molecular weight excluding hydrogens is 351 g/mol. The van der Waals surface area contributed by atoms with Crippen LogP contribution in [0.3, 0.4) is 0 Å². The number of rotatable bonds is 12. The molecule has 0 aliphatic carbocycles. The van der Waals surface area contributed by atoms with Crippen LogP contribution in [0.15, 0.2) is 29.2 Å². The van der Waals surface area contributed by atoms with Gasteiger partial charge in [-0.15, -0.1) is 0 Å². The summed E-state index contributed by atoms with van der Waals surface area (Å²) >= 11 is 0. The topological polar surface area (TPSA) is 54.4 Å². The first kappa shape index (κ1) is 22.6. The molecule has 1 N–H and O–H groups in total. The Balaban J connectivity index is 0.00000484. The number of benzene rings is 1. The van der Waals surface area contributed by atoms with Gasteiger partial charge < -0.3 is 0 Å². The Bertz CT molecular complexity index is 515. The van der Waals surface area contributed by atoms with Gasteiger partial charge in [-0.2, -0.15) is 8.42 Å². The van der Waals surface area contributed by atoms with E-state index < -0.39 is 10.1 Å². The van der Waals surface area contributed by atoms with E-state index in [1.54, 1.807) is 12.1 Å². The van der Waals surface area contributed by atoms with Crippen LogP contribution in [0, 0.1) is 0 Å².